The average molecular weight is 346 g/mol. The minimum absolute atomic E-state index is 0.0530. The first-order valence-electron chi connectivity index (χ1n) is 7.80. The molecule has 0 aliphatic heterocycles. The van der Waals surface area contributed by atoms with Gasteiger partial charge in [-0.15, -0.1) is 0 Å². The van der Waals surface area contributed by atoms with Gasteiger partial charge in [0.25, 0.3) is 0 Å². The van der Waals surface area contributed by atoms with E-state index in [1.165, 1.54) is 0 Å². The highest BCUT2D eigenvalue weighted by atomic mass is 32.2. The number of hydrogen-bond donors (Lipinski definition) is 1. The van der Waals surface area contributed by atoms with E-state index in [0.717, 1.165) is 26.5 Å². The van der Waals surface area contributed by atoms with Crippen LogP contribution in [0.2, 0.25) is 0 Å². The van der Waals surface area contributed by atoms with E-state index in [0.29, 0.717) is 12.4 Å². The van der Waals surface area contributed by atoms with Crippen molar-refractivity contribution < 1.29 is 19.4 Å². The third kappa shape index (κ3) is 5.01. The van der Waals surface area contributed by atoms with Crippen LogP contribution in [-0.4, -0.2) is 24.3 Å². The second kappa shape index (κ2) is 8.76. The van der Waals surface area contributed by atoms with Gasteiger partial charge in [-0.3, -0.25) is 0 Å². The third-order valence-electron chi connectivity index (χ3n) is 3.45. The molecule has 0 aromatic heterocycles. The predicted molar refractivity (Wildman–Crippen MR) is 94.5 cm³/mol. The van der Waals surface area contributed by atoms with Gasteiger partial charge in [0.2, 0.25) is 0 Å². The molecule has 0 spiro atoms. The minimum atomic E-state index is -0.366. The first-order valence-corrected chi connectivity index (χ1v) is 8.62. The number of aryl methyl sites for hydroxylation is 2. The summed E-state index contributed by atoms with van der Waals surface area (Å²) >= 11 is 1.66. The molecule has 2 aromatic rings. The van der Waals surface area contributed by atoms with E-state index in [-0.39, 0.29) is 19.2 Å². The number of aliphatic hydroxyl groups excluding tert-OH is 1. The van der Waals surface area contributed by atoms with Gasteiger partial charge in [0.15, 0.2) is 6.61 Å². The van der Waals surface area contributed by atoms with Crippen molar-refractivity contribution in [2.75, 3.05) is 13.2 Å². The van der Waals surface area contributed by atoms with Gasteiger partial charge < -0.3 is 14.6 Å². The van der Waals surface area contributed by atoms with Gasteiger partial charge in [0.05, 0.1) is 13.2 Å². The highest BCUT2D eigenvalue weighted by molar-refractivity contribution is 7.99. The highest BCUT2D eigenvalue weighted by Gasteiger charge is 2.08. The van der Waals surface area contributed by atoms with Gasteiger partial charge in [-0.05, 0) is 61.7 Å². The number of carbonyl (C=O) groups excluding carboxylic acids is 1. The average Bonchev–Trinajstić information content (AvgIpc) is 2.56. The van der Waals surface area contributed by atoms with E-state index in [9.17, 15) is 9.90 Å². The van der Waals surface area contributed by atoms with Crippen LogP contribution in [0, 0.1) is 13.8 Å². The number of carbonyl (C=O) groups is 1. The Hall–Kier alpha value is -1.98. The summed E-state index contributed by atoms with van der Waals surface area (Å²) in [5.41, 5.74) is 3.01. The zero-order valence-corrected chi connectivity index (χ0v) is 15.0. The van der Waals surface area contributed by atoms with Gasteiger partial charge in [0.1, 0.15) is 5.75 Å². The summed E-state index contributed by atoms with van der Waals surface area (Å²) in [4.78, 5) is 13.6. The maximum Gasteiger partial charge on any atom is 0.344 e. The molecule has 0 fully saturated rings. The van der Waals surface area contributed by atoms with Crippen LogP contribution in [0.5, 0.6) is 5.75 Å². The van der Waals surface area contributed by atoms with Crippen LogP contribution in [0.3, 0.4) is 0 Å². The predicted octanol–water partition coefficient (Wildman–Crippen LogP) is 3.89. The summed E-state index contributed by atoms with van der Waals surface area (Å²) in [5, 5.41) is 9.18. The van der Waals surface area contributed by atoms with E-state index in [1.807, 2.05) is 50.2 Å². The summed E-state index contributed by atoms with van der Waals surface area (Å²) in [5.74, 6) is 0.315. The molecule has 0 aliphatic rings. The van der Waals surface area contributed by atoms with Crippen LogP contribution >= 0.6 is 11.8 Å². The molecule has 0 aliphatic carbocycles. The number of aliphatic hydroxyl groups is 1. The minimum Gasteiger partial charge on any atom is -0.482 e. The summed E-state index contributed by atoms with van der Waals surface area (Å²) in [7, 11) is 0. The van der Waals surface area contributed by atoms with E-state index in [1.54, 1.807) is 18.7 Å². The van der Waals surface area contributed by atoms with Gasteiger partial charge >= 0.3 is 5.97 Å². The molecule has 5 heteroatoms. The van der Waals surface area contributed by atoms with E-state index >= 15 is 0 Å². The van der Waals surface area contributed by atoms with Gasteiger partial charge in [-0.2, -0.15) is 0 Å². The molecular weight excluding hydrogens is 324 g/mol. The van der Waals surface area contributed by atoms with Gasteiger partial charge in [-0.25, -0.2) is 4.79 Å². The molecule has 0 saturated carbocycles. The molecule has 0 heterocycles. The fourth-order valence-corrected chi connectivity index (χ4v) is 3.22. The van der Waals surface area contributed by atoms with E-state index in [4.69, 9.17) is 9.47 Å². The normalized spacial score (nSPS) is 10.5. The Balaban J connectivity index is 2.05. The molecule has 0 unspecified atom stereocenters. The molecular formula is C19H22O4S. The van der Waals surface area contributed by atoms with Gasteiger partial charge in [0, 0.05) is 9.79 Å². The Morgan fingerprint density at radius 3 is 2.54 bits per heavy atom. The number of esters is 1. The molecule has 0 amide bonds. The molecule has 2 aromatic carbocycles. The van der Waals surface area contributed by atoms with Crippen molar-refractivity contribution in [3.8, 4) is 5.75 Å². The summed E-state index contributed by atoms with van der Waals surface area (Å²) in [6.07, 6.45) is 0. The summed E-state index contributed by atoms with van der Waals surface area (Å²) in [6, 6.07) is 11.8. The van der Waals surface area contributed by atoms with Crippen molar-refractivity contribution in [2.45, 2.75) is 37.2 Å². The molecule has 1 N–H and O–H groups in total. The second-order valence-electron chi connectivity index (χ2n) is 5.38. The van der Waals surface area contributed by atoms with Crippen molar-refractivity contribution in [1.29, 1.82) is 0 Å². The molecule has 24 heavy (non-hydrogen) atoms. The maximum atomic E-state index is 11.4. The van der Waals surface area contributed by atoms with Crippen molar-refractivity contribution in [3.05, 3.63) is 53.1 Å². The van der Waals surface area contributed by atoms with E-state index < -0.39 is 0 Å². The lowest BCUT2D eigenvalue weighted by molar-refractivity contribution is -0.145. The maximum absolute atomic E-state index is 11.4. The summed E-state index contributed by atoms with van der Waals surface area (Å²) in [6.45, 7) is 6.08. The Morgan fingerprint density at radius 1 is 1.12 bits per heavy atom. The quantitative estimate of drug-likeness (QED) is 0.771. The largest absolute Gasteiger partial charge is 0.482 e. The van der Waals surface area contributed by atoms with Crippen molar-refractivity contribution in [3.63, 3.8) is 0 Å². The smallest absolute Gasteiger partial charge is 0.344 e. The first kappa shape index (κ1) is 18.4. The zero-order valence-electron chi connectivity index (χ0n) is 14.2. The Bertz CT molecular complexity index is 713. The number of ether oxygens (including phenoxy) is 2. The Morgan fingerprint density at radius 2 is 1.92 bits per heavy atom. The number of hydrogen-bond acceptors (Lipinski definition) is 5. The van der Waals surface area contributed by atoms with Crippen LogP contribution < -0.4 is 4.74 Å². The molecule has 0 bridgehead atoms. The molecule has 2 rings (SSSR count). The zero-order chi connectivity index (χ0) is 17.5. The van der Waals surface area contributed by atoms with E-state index in [2.05, 4.69) is 0 Å². The monoisotopic (exact) mass is 346 g/mol. The fourth-order valence-electron chi connectivity index (χ4n) is 2.24. The fraction of sp³-hybridized carbons (Fsp3) is 0.316. The van der Waals surface area contributed by atoms with Crippen LogP contribution in [0.1, 0.15) is 23.6 Å². The Kier molecular flexibility index (Phi) is 6.70. The third-order valence-corrected chi connectivity index (χ3v) is 4.61. The number of rotatable bonds is 7. The molecule has 0 atom stereocenters. The van der Waals surface area contributed by atoms with Crippen molar-refractivity contribution >= 4 is 17.7 Å². The molecule has 128 valence electrons. The standard InChI is InChI=1S/C19H22O4S/c1-4-22-19(21)12-23-17-7-6-16(10-13(17)2)24-18-8-5-15(11-20)9-14(18)3/h5-10,20H,4,11-12H2,1-3H3. The van der Waals surface area contributed by atoms with Crippen LogP contribution in [-0.2, 0) is 16.1 Å². The molecule has 0 radical (unpaired) electrons. The molecule has 0 saturated heterocycles. The van der Waals surface area contributed by atoms with Crippen LogP contribution in [0.4, 0.5) is 0 Å². The molecule has 4 nitrogen and oxygen atoms in total. The summed E-state index contributed by atoms with van der Waals surface area (Å²) < 4.78 is 10.4. The topological polar surface area (TPSA) is 55.8 Å². The Labute approximate surface area is 146 Å². The lowest BCUT2D eigenvalue weighted by atomic mass is 10.1. The van der Waals surface area contributed by atoms with Gasteiger partial charge in [-0.1, -0.05) is 23.9 Å². The van der Waals surface area contributed by atoms with Crippen molar-refractivity contribution in [2.24, 2.45) is 0 Å². The highest BCUT2D eigenvalue weighted by Crippen LogP contribution is 2.33. The van der Waals surface area contributed by atoms with Crippen LogP contribution in [0.25, 0.3) is 0 Å². The SMILES string of the molecule is CCOC(=O)COc1ccc(Sc2ccc(CO)cc2C)cc1C. The number of benzene rings is 2. The first-order chi connectivity index (χ1) is 11.5. The van der Waals surface area contributed by atoms with Crippen molar-refractivity contribution in [1.82, 2.24) is 0 Å². The lowest BCUT2D eigenvalue weighted by Crippen LogP contribution is -2.14. The lowest BCUT2D eigenvalue weighted by Gasteiger charge is -2.11. The second-order valence-corrected chi connectivity index (χ2v) is 6.50. The van der Waals surface area contributed by atoms with Crippen LogP contribution in [0.15, 0.2) is 46.2 Å².